The molecule has 6 nitrogen and oxygen atoms in total. The maximum Gasteiger partial charge on any atom is 0.238 e. The topological polar surface area (TPSA) is 109 Å². The van der Waals surface area contributed by atoms with Crippen molar-refractivity contribution in [2.75, 3.05) is 11.9 Å². The van der Waals surface area contributed by atoms with Crippen LogP contribution in [0.3, 0.4) is 0 Å². The summed E-state index contributed by atoms with van der Waals surface area (Å²) in [6.07, 6.45) is 2.33. The van der Waals surface area contributed by atoms with Crippen molar-refractivity contribution in [1.82, 2.24) is 4.98 Å². The van der Waals surface area contributed by atoms with Crippen LogP contribution in [0, 0.1) is 11.3 Å². The normalized spacial score (nSPS) is 10.9. The molecular formula is C14H14N4O2S. The SMILES string of the molecule is N#Cc1ccc(NCCc2ccc(S(N)(=O)=O)cc2)cn1. The van der Waals surface area contributed by atoms with Crippen molar-refractivity contribution in [3.05, 3.63) is 53.9 Å². The van der Waals surface area contributed by atoms with Crippen molar-refractivity contribution in [1.29, 1.82) is 5.26 Å². The molecule has 0 aliphatic heterocycles. The summed E-state index contributed by atoms with van der Waals surface area (Å²) in [6.45, 7) is 0.669. The number of nitriles is 1. The Bertz CT molecular complexity index is 747. The van der Waals surface area contributed by atoms with Gasteiger partial charge in [-0.25, -0.2) is 18.5 Å². The summed E-state index contributed by atoms with van der Waals surface area (Å²) in [4.78, 5) is 4.06. The molecule has 1 aromatic carbocycles. The number of nitrogens with two attached hydrogens (primary N) is 1. The predicted molar refractivity (Wildman–Crippen MR) is 79.0 cm³/mol. The molecule has 7 heteroatoms. The van der Waals surface area contributed by atoms with Gasteiger partial charge in [0.15, 0.2) is 0 Å². The second-order valence-electron chi connectivity index (χ2n) is 4.41. The quantitative estimate of drug-likeness (QED) is 0.864. The van der Waals surface area contributed by atoms with Gasteiger partial charge in [-0.15, -0.1) is 0 Å². The molecule has 0 saturated heterocycles. The molecule has 0 radical (unpaired) electrons. The smallest absolute Gasteiger partial charge is 0.238 e. The summed E-state index contributed by atoms with van der Waals surface area (Å²) >= 11 is 0. The van der Waals surface area contributed by atoms with Crippen molar-refractivity contribution in [3.8, 4) is 6.07 Å². The molecule has 21 heavy (non-hydrogen) atoms. The summed E-state index contributed by atoms with van der Waals surface area (Å²) in [5, 5.41) is 16.9. The summed E-state index contributed by atoms with van der Waals surface area (Å²) in [5.41, 5.74) is 2.20. The lowest BCUT2D eigenvalue weighted by Gasteiger charge is -2.06. The van der Waals surface area contributed by atoms with E-state index in [9.17, 15) is 8.42 Å². The van der Waals surface area contributed by atoms with Crippen LogP contribution in [0.25, 0.3) is 0 Å². The molecule has 0 atom stereocenters. The highest BCUT2D eigenvalue weighted by Gasteiger charge is 2.06. The Labute approximate surface area is 123 Å². The first-order chi connectivity index (χ1) is 9.99. The molecule has 0 saturated carbocycles. The van der Waals surface area contributed by atoms with E-state index in [0.29, 0.717) is 12.2 Å². The van der Waals surface area contributed by atoms with Crippen LogP contribution >= 0.6 is 0 Å². The maximum absolute atomic E-state index is 11.1. The van der Waals surface area contributed by atoms with Gasteiger partial charge in [-0.3, -0.25) is 0 Å². The van der Waals surface area contributed by atoms with Gasteiger partial charge >= 0.3 is 0 Å². The Balaban J connectivity index is 1.90. The zero-order valence-corrected chi connectivity index (χ0v) is 12.0. The van der Waals surface area contributed by atoms with Crippen LogP contribution in [0.1, 0.15) is 11.3 Å². The predicted octanol–water partition coefficient (Wildman–Crippen LogP) is 1.26. The van der Waals surface area contributed by atoms with Crippen molar-refractivity contribution >= 4 is 15.7 Å². The van der Waals surface area contributed by atoms with Crippen LogP contribution in [0.15, 0.2) is 47.5 Å². The van der Waals surface area contributed by atoms with E-state index >= 15 is 0 Å². The van der Waals surface area contributed by atoms with Gasteiger partial charge in [-0.05, 0) is 36.2 Å². The van der Waals surface area contributed by atoms with Crippen LogP contribution in [0.4, 0.5) is 5.69 Å². The minimum absolute atomic E-state index is 0.107. The number of hydrogen-bond donors (Lipinski definition) is 2. The number of nitrogens with zero attached hydrogens (tertiary/aromatic N) is 2. The molecule has 0 aliphatic carbocycles. The number of rotatable bonds is 5. The molecule has 1 heterocycles. The van der Waals surface area contributed by atoms with Gasteiger partial charge in [0, 0.05) is 6.54 Å². The highest BCUT2D eigenvalue weighted by molar-refractivity contribution is 7.89. The van der Waals surface area contributed by atoms with Gasteiger partial charge in [0.2, 0.25) is 10.0 Å². The molecule has 108 valence electrons. The lowest BCUT2D eigenvalue weighted by Crippen LogP contribution is -2.12. The van der Waals surface area contributed by atoms with Crippen molar-refractivity contribution in [3.63, 3.8) is 0 Å². The molecule has 0 fully saturated rings. The largest absolute Gasteiger partial charge is 0.383 e. The zero-order valence-electron chi connectivity index (χ0n) is 11.2. The van der Waals surface area contributed by atoms with Crippen LogP contribution in [0.5, 0.6) is 0 Å². The lowest BCUT2D eigenvalue weighted by molar-refractivity contribution is 0.598. The number of sulfonamides is 1. The molecule has 0 unspecified atom stereocenters. The first kappa shape index (κ1) is 15.0. The third-order valence-electron chi connectivity index (χ3n) is 2.87. The number of nitrogens with one attached hydrogen (secondary N) is 1. The van der Waals surface area contributed by atoms with Crippen LogP contribution < -0.4 is 10.5 Å². The molecule has 1 aromatic heterocycles. The summed E-state index contributed by atoms with van der Waals surface area (Å²) in [6, 6.07) is 11.8. The molecule has 0 spiro atoms. The average Bonchev–Trinajstić information content (AvgIpc) is 2.47. The van der Waals surface area contributed by atoms with E-state index in [0.717, 1.165) is 17.7 Å². The van der Waals surface area contributed by atoms with E-state index in [4.69, 9.17) is 10.4 Å². The monoisotopic (exact) mass is 302 g/mol. The van der Waals surface area contributed by atoms with Crippen molar-refractivity contribution in [2.24, 2.45) is 5.14 Å². The van der Waals surface area contributed by atoms with E-state index in [1.807, 2.05) is 6.07 Å². The zero-order chi connectivity index (χ0) is 15.3. The fourth-order valence-electron chi connectivity index (χ4n) is 1.76. The number of hydrogen-bond acceptors (Lipinski definition) is 5. The summed E-state index contributed by atoms with van der Waals surface area (Å²) in [7, 11) is -3.64. The third kappa shape index (κ3) is 4.27. The fourth-order valence-corrected chi connectivity index (χ4v) is 2.28. The van der Waals surface area contributed by atoms with Gasteiger partial charge in [-0.1, -0.05) is 12.1 Å². The highest BCUT2D eigenvalue weighted by atomic mass is 32.2. The lowest BCUT2D eigenvalue weighted by atomic mass is 10.1. The van der Waals surface area contributed by atoms with Crippen molar-refractivity contribution in [2.45, 2.75) is 11.3 Å². The second kappa shape index (κ2) is 6.35. The molecule has 0 aliphatic rings. The molecule has 2 rings (SSSR count). The Kier molecular flexibility index (Phi) is 4.52. The number of aromatic nitrogens is 1. The first-order valence-corrected chi connectivity index (χ1v) is 7.75. The number of primary sulfonamides is 1. The molecule has 0 bridgehead atoms. The number of pyridine rings is 1. The molecule has 0 amide bonds. The van der Waals surface area contributed by atoms with E-state index in [-0.39, 0.29) is 4.90 Å². The molecular weight excluding hydrogens is 288 g/mol. The minimum atomic E-state index is -3.64. The van der Waals surface area contributed by atoms with Gasteiger partial charge in [-0.2, -0.15) is 5.26 Å². The Morgan fingerprint density at radius 1 is 1.19 bits per heavy atom. The Hall–Kier alpha value is -2.43. The van der Waals surface area contributed by atoms with Gasteiger partial charge in [0.1, 0.15) is 11.8 Å². The van der Waals surface area contributed by atoms with Gasteiger partial charge in [0.25, 0.3) is 0 Å². The number of benzene rings is 1. The Morgan fingerprint density at radius 3 is 2.43 bits per heavy atom. The Morgan fingerprint density at radius 2 is 1.90 bits per heavy atom. The van der Waals surface area contributed by atoms with Crippen LogP contribution in [-0.2, 0) is 16.4 Å². The molecule has 2 aromatic rings. The fraction of sp³-hybridized carbons (Fsp3) is 0.143. The highest BCUT2D eigenvalue weighted by Crippen LogP contribution is 2.10. The summed E-state index contributed by atoms with van der Waals surface area (Å²) < 4.78 is 22.3. The van der Waals surface area contributed by atoms with E-state index in [2.05, 4.69) is 10.3 Å². The maximum atomic E-state index is 11.1. The van der Waals surface area contributed by atoms with Crippen LogP contribution in [-0.4, -0.2) is 19.9 Å². The first-order valence-electron chi connectivity index (χ1n) is 6.21. The summed E-state index contributed by atoms with van der Waals surface area (Å²) in [5.74, 6) is 0. The van der Waals surface area contributed by atoms with Crippen molar-refractivity contribution < 1.29 is 8.42 Å². The van der Waals surface area contributed by atoms with Gasteiger partial charge in [0.05, 0.1) is 16.8 Å². The van der Waals surface area contributed by atoms with Gasteiger partial charge < -0.3 is 5.32 Å². The van der Waals surface area contributed by atoms with E-state index in [1.165, 1.54) is 12.1 Å². The minimum Gasteiger partial charge on any atom is -0.383 e. The third-order valence-corrected chi connectivity index (χ3v) is 3.80. The second-order valence-corrected chi connectivity index (χ2v) is 5.97. The average molecular weight is 302 g/mol. The van der Waals surface area contributed by atoms with Crippen LogP contribution in [0.2, 0.25) is 0 Å². The standard InChI is InChI=1S/C14H14N4O2S/c15-9-12-3-4-13(10-18-12)17-8-7-11-1-5-14(6-2-11)21(16,19)20/h1-6,10,17H,7-8H2,(H2,16,19,20). The van der Waals surface area contributed by atoms with E-state index < -0.39 is 10.0 Å². The molecule has 3 N–H and O–H groups in total. The van der Waals surface area contributed by atoms with E-state index in [1.54, 1.807) is 30.5 Å². The number of anilines is 1.